The molecule has 14 nitrogen and oxygen atoms in total. The number of nitrogens with one attached hydrogen (secondary N) is 4. The molecule has 0 saturated carbocycles. The van der Waals surface area contributed by atoms with E-state index in [1.165, 1.54) is 16.7 Å². The minimum absolute atomic E-state index is 0.250. The number of benzene rings is 4. The molecular weight excluding hydrogens is 881 g/mol. The number of anilines is 2. The molecule has 0 amide bonds. The Morgan fingerprint density at radius 2 is 1.25 bits per heavy atom. The summed E-state index contributed by atoms with van der Waals surface area (Å²) in [4.78, 5) is 19.0. The Kier molecular flexibility index (Phi) is 19.6. The summed E-state index contributed by atoms with van der Waals surface area (Å²) in [6.45, 7) is 13.1. The molecule has 0 unspecified atom stereocenters. The van der Waals surface area contributed by atoms with Crippen molar-refractivity contribution in [3.05, 3.63) is 161 Å². The molecule has 0 aliphatic heterocycles. The van der Waals surface area contributed by atoms with Crippen LogP contribution in [0.2, 0.25) is 0 Å². The number of halogens is 1. The van der Waals surface area contributed by atoms with Crippen molar-refractivity contribution in [1.82, 2.24) is 49.5 Å². The Hall–Kier alpha value is -6.49. The summed E-state index contributed by atoms with van der Waals surface area (Å²) in [7, 11) is 3.91. The van der Waals surface area contributed by atoms with Crippen molar-refractivity contribution in [3.63, 3.8) is 0 Å². The third kappa shape index (κ3) is 14.0. The van der Waals surface area contributed by atoms with Gasteiger partial charge in [-0.3, -0.25) is 0 Å². The number of aliphatic hydroxyl groups is 1. The number of aliphatic hydroxyl groups excluding tert-OH is 1. The maximum Gasteiger partial charge on any atom is 0.172 e. The van der Waals surface area contributed by atoms with Crippen molar-refractivity contribution in [3.8, 4) is 22.5 Å². The first kappa shape index (κ1) is 49.5. The van der Waals surface area contributed by atoms with E-state index in [1.807, 2.05) is 96.6 Å². The molecule has 0 aliphatic carbocycles. The maximum absolute atomic E-state index is 8.04. The third-order valence-electron chi connectivity index (χ3n) is 9.72. The molecule has 15 heteroatoms. The molecule has 0 radical (unpaired) electrons. The number of aryl methyl sites for hydroxylation is 2. The lowest BCUT2D eigenvalue weighted by atomic mass is 10.1. The van der Waals surface area contributed by atoms with Crippen molar-refractivity contribution in [2.24, 2.45) is 0 Å². The molecule has 5 heterocycles. The second-order valence-electron chi connectivity index (χ2n) is 14.7. The van der Waals surface area contributed by atoms with E-state index in [1.54, 1.807) is 19.4 Å². The first-order valence-electron chi connectivity index (χ1n) is 21.8. The molecule has 9 rings (SSSR count). The van der Waals surface area contributed by atoms with Gasteiger partial charge in [-0.1, -0.05) is 117 Å². The third-order valence-corrected chi connectivity index (χ3v) is 10.3. The van der Waals surface area contributed by atoms with Gasteiger partial charge in [0, 0.05) is 61.6 Å². The van der Waals surface area contributed by atoms with Gasteiger partial charge in [-0.05, 0) is 73.6 Å². The highest BCUT2D eigenvalue weighted by Gasteiger charge is 2.13. The van der Waals surface area contributed by atoms with Gasteiger partial charge in [0.05, 0.1) is 45.6 Å². The van der Waals surface area contributed by atoms with Crippen molar-refractivity contribution in [2.75, 3.05) is 44.4 Å². The molecule has 0 aliphatic rings. The summed E-state index contributed by atoms with van der Waals surface area (Å²) >= 11 is 3.54. The van der Waals surface area contributed by atoms with Crippen LogP contribution in [0.3, 0.4) is 0 Å². The fourth-order valence-electron chi connectivity index (χ4n) is 6.42. The zero-order valence-corrected chi connectivity index (χ0v) is 39.9. The molecule has 0 atom stereocenters. The molecule has 6 N–H and O–H groups in total. The summed E-state index contributed by atoms with van der Waals surface area (Å²) in [5, 5.41) is 31.6. The predicted molar refractivity (Wildman–Crippen MR) is 268 cm³/mol. The quantitative estimate of drug-likeness (QED) is 0.0645. The van der Waals surface area contributed by atoms with E-state index < -0.39 is 0 Å². The van der Waals surface area contributed by atoms with Gasteiger partial charge < -0.3 is 30.8 Å². The van der Waals surface area contributed by atoms with Crippen molar-refractivity contribution < 1.29 is 10.3 Å². The Labute approximate surface area is 389 Å². The largest absolute Gasteiger partial charge is 0.397 e. The van der Waals surface area contributed by atoms with E-state index in [9.17, 15) is 0 Å². The summed E-state index contributed by atoms with van der Waals surface area (Å²) in [5.74, 6) is 1.84. The van der Waals surface area contributed by atoms with Crippen LogP contribution >= 0.6 is 15.9 Å². The smallest absolute Gasteiger partial charge is 0.172 e. The van der Waals surface area contributed by atoms with Crippen LogP contribution in [0, 0.1) is 6.92 Å². The second kappa shape index (κ2) is 25.7. The second-order valence-corrected chi connectivity index (χ2v) is 15.6. The van der Waals surface area contributed by atoms with Crippen molar-refractivity contribution in [1.29, 1.82) is 0 Å². The fourth-order valence-corrected chi connectivity index (χ4v) is 6.76. The summed E-state index contributed by atoms with van der Waals surface area (Å²) < 4.78 is 4.59. The fraction of sp³-hybridized carbons (Fsp3) is 0.260. The van der Waals surface area contributed by atoms with E-state index in [-0.39, 0.29) is 6.61 Å². The molecule has 340 valence electrons. The minimum atomic E-state index is 0.250. The van der Waals surface area contributed by atoms with E-state index in [0.29, 0.717) is 13.1 Å². The molecular formula is C50H61BrN12O2. The Morgan fingerprint density at radius 1 is 0.708 bits per heavy atom. The van der Waals surface area contributed by atoms with Crippen molar-refractivity contribution >= 4 is 49.9 Å². The zero-order chi connectivity index (χ0) is 46.6. The number of aromatic nitrogens is 8. The first-order valence-corrected chi connectivity index (χ1v) is 22.6. The molecule has 9 aromatic rings. The molecule has 65 heavy (non-hydrogen) atoms. The average Bonchev–Trinajstić information content (AvgIpc) is 4.10. The Bertz CT molecular complexity index is 2770. The van der Waals surface area contributed by atoms with E-state index in [2.05, 4.69) is 133 Å². The van der Waals surface area contributed by atoms with Crippen LogP contribution in [0.1, 0.15) is 49.9 Å². The first-order chi connectivity index (χ1) is 31.7. The summed E-state index contributed by atoms with van der Waals surface area (Å²) in [5.41, 5.74) is 14.6. The van der Waals surface area contributed by atoms with Gasteiger partial charge >= 0.3 is 0 Å². The number of aromatic amines is 1. The standard InChI is InChI=1S/C22H20N6.C20H17BrN4.C4H12N2O.C2H6O.C2H6/c1-2-16-13-26-28-21(11-19(27-22(16)28)17-6-4-3-5-7-17)23-12-15-8-9-18-20(10-15)25-14-24-18;1-14-7-9-15(10-8-14)12-22-19-11-18(16-5-3-2-4-6-16)24-20-17(21)13-23-25(19)20;1-6(2)4-3-5-7;1-2-3;1-2/h3-11,13-14,23H,2,12H2,1H3,(H,24,25);2-11,13,22H,12H2,1H3;5,7H,3-4H2,1-2H3;3H,2H2,1H3;1-2H3. The number of hydroxylamine groups is 1. The zero-order valence-electron chi connectivity index (χ0n) is 38.3. The van der Waals surface area contributed by atoms with Crippen LogP contribution < -0.4 is 16.1 Å². The number of imidazole rings is 1. The molecule has 0 fully saturated rings. The highest BCUT2D eigenvalue weighted by atomic mass is 79.9. The van der Waals surface area contributed by atoms with Gasteiger partial charge in [0.15, 0.2) is 11.3 Å². The number of H-pyrrole nitrogens is 1. The van der Waals surface area contributed by atoms with Gasteiger partial charge in [0.2, 0.25) is 0 Å². The highest BCUT2D eigenvalue weighted by molar-refractivity contribution is 9.10. The Balaban J connectivity index is 0.000000197. The number of hydrogen-bond donors (Lipinski definition) is 6. The van der Waals surface area contributed by atoms with Gasteiger partial charge in [-0.2, -0.15) is 19.2 Å². The van der Waals surface area contributed by atoms with Crippen LogP contribution in [0.4, 0.5) is 11.6 Å². The Morgan fingerprint density at radius 3 is 1.80 bits per heavy atom. The van der Waals surface area contributed by atoms with Gasteiger partial charge in [0.1, 0.15) is 11.6 Å². The summed E-state index contributed by atoms with van der Waals surface area (Å²) in [6.07, 6.45) is 6.29. The van der Waals surface area contributed by atoms with Crippen LogP contribution in [-0.4, -0.2) is 88.2 Å². The van der Waals surface area contributed by atoms with Gasteiger partial charge in [0.25, 0.3) is 0 Å². The van der Waals surface area contributed by atoms with E-state index >= 15 is 0 Å². The molecule has 0 saturated heterocycles. The number of fused-ring (bicyclic) bond motifs is 3. The number of hydrogen-bond acceptors (Lipinski definition) is 11. The monoisotopic (exact) mass is 940 g/mol. The average molecular weight is 942 g/mol. The van der Waals surface area contributed by atoms with E-state index in [0.717, 1.165) is 86.0 Å². The highest BCUT2D eigenvalue weighted by Crippen LogP contribution is 2.27. The number of nitrogens with zero attached hydrogens (tertiary/aromatic N) is 8. The van der Waals surface area contributed by atoms with Crippen LogP contribution in [0.25, 0.3) is 44.8 Å². The SMILES string of the molecule is CC.CCO.CCc1cnn2c(NCc3ccc4nc[nH]c4c3)cc(-c3ccccc3)nc12.CN(C)CCNO.Cc1ccc(CNc2cc(-c3ccccc3)nc3c(Br)cnn23)cc1. The van der Waals surface area contributed by atoms with E-state index in [4.69, 9.17) is 20.3 Å². The van der Waals surface area contributed by atoms with Crippen LogP contribution in [0.5, 0.6) is 0 Å². The number of likely N-dealkylation sites (N-methyl/N-ethyl adjacent to an activating group) is 1. The predicted octanol–water partition coefficient (Wildman–Crippen LogP) is 10.1. The molecule has 0 spiro atoms. The van der Waals surface area contributed by atoms with Gasteiger partial charge in [-0.15, -0.1) is 0 Å². The van der Waals surface area contributed by atoms with Crippen LogP contribution in [0.15, 0.2) is 138 Å². The lowest BCUT2D eigenvalue weighted by Crippen LogP contribution is -2.23. The minimum Gasteiger partial charge on any atom is -0.397 e. The number of rotatable bonds is 12. The lowest BCUT2D eigenvalue weighted by Gasteiger charge is -2.11. The van der Waals surface area contributed by atoms with Gasteiger partial charge in [-0.25, -0.2) is 20.4 Å². The molecule has 4 aromatic carbocycles. The van der Waals surface area contributed by atoms with Crippen molar-refractivity contribution in [2.45, 2.75) is 54.1 Å². The summed E-state index contributed by atoms with van der Waals surface area (Å²) in [6, 6.07) is 39.3. The topological polar surface area (TPSA) is 169 Å². The normalized spacial score (nSPS) is 10.6. The molecule has 0 bridgehead atoms. The van der Waals surface area contributed by atoms with Crippen LogP contribution in [-0.2, 0) is 19.5 Å². The maximum atomic E-state index is 8.04. The lowest BCUT2D eigenvalue weighted by molar-refractivity contribution is 0.157. The molecule has 5 aromatic heterocycles.